The fourth-order valence-electron chi connectivity index (χ4n) is 2.53. The Hall–Kier alpha value is -3.03. The second-order valence-electron chi connectivity index (χ2n) is 5.47. The summed E-state index contributed by atoms with van der Waals surface area (Å²) in [6.07, 6.45) is -4.74. The lowest BCUT2D eigenvalue weighted by Crippen LogP contribution is -2.08. The first-order valence-corrected chi connectivity index (χ1v) is 7.63. The van der Waals surface area contributed by atoms with Gasteiger partial charge in [0.2, 0.25) is 0 Å². The van der Waals surface area contributed by atoms with E-state index < -0.39 is 17.6 Å². The van der Waals surface area contributed by atoms with Gasteiger partial charge in [-0.15, -0.1) is 5.10 Å². The second-order valence-corrected chi connectivity index (χ2v) is 5.47. The Labute approximate surface area is 147 Å². The average Bonchev–Trinajstić information content (AvgIpc) is 3.05. The lowest BCUT2D eigenvalue weighted by atomic mass is 10.1. The zero-order chi connectivity index (χ0) is 18.9. The fraction of sp³-hybridized carbons (Fsp3) is 0.167. The van der Waals surface area contributed by atoms with Crippen molar-refractivity contribution in [3.8, 4) is 22.7 Å². The predicted molar refractivity (Wildman–Crippen MR) is 90.1 cm³/mol. The molecule has 1 N–H and O–H groups in total. The number of rotatable bonds is 4. The summed E-state index contributed by atoms with van der Waals surface area (Å²) in [5.41, 5.74) is 0.0840. The first-order valence-electron chi connectivity index (χ1n) is 7.63. The molecule has 3 aromatic rings. The molecule has 0 saturated heterocycles. The summed E-state index contributed by atoms with van der Waals surface area (Å²) in [7, 11) is 3.20. The van der Waals surface area contributed by atoms with Gasteiger partial charge < -0.3 is 10.1 Å². The summed E-state index contributed by atoms with van der Waals surface area (Å²) in [6, 6.07) is 11.4. The van der Waals surface area contributed by atoms with Gasteiger partial charge in [0, 0.05) is 18.7 Å². The highest BCUT2D eigenvalue weighted by molar-refractivity contribution is 5.66. The Balaban J connectivity index is 2.10. The van der Waals surface area contributed by atoms with Crippen molar-refractivity contribution in [2.24, 2.45) is 0 Å². The number of ether oxygens (including phenoxy) is 1. The molecule has 0 aliphatic rings. The number of nitrogens with one attached hydrogen (secondary N) is 1. The molecule has 0 unspecified atom stereocenters. The minimum Gasteiger partial charge on any atom is -0.497 e. The van der Waals surface area contributed by atoms with Crippen molar-refractivity contribution >= 4 is 5.82 Å². The van der Waals surface area contributed by atoms with Crippen molar-refractivity contribution < 1.29 is 22.3 Å². The molecule has 3 rings (SSSR count). The molecule has 0 amide bonds. The Morgan fingerprint density at radius 2 is 1.73 bits per heavy atom. The van der Waals surface area contributed by atoms with Crippen LogP contribution < -0.4 is 10.1 Å². The molecule has 1 heterocycles. The Bertz CT molecular complexity index is 917. The molecule has 0 bridgehead atoms. The molecule has 0 aliphatic heterocycles. The first-order chi connectivity index (χ1) is 12.3. The highest BCUT2D eigenvalue weighted by Crippen LogP contribution is 2.34. The molecule has 0 spiro atoms. The smallest absolute Gasteiger partial charge is 0.419 e. The van der Waals surface area contributed by atoms with E-state index in [1.54, 1.807) is 44.5 Å². The molecule has 136 valence electrons. The highest BCUT2D eigenvalue weighted by atomic mass is 19.4. The number of halogens is 4. The normalized spacial score (nSPS) is 11.5. The minimum atomic E-state index is -4.74. The van der Waals surface area contributed by atoms with Crippen LogP contribution in [0, 0.1) is 5.82 Å². The zero-order valence-electron chi connectivity index (χ0n) is 13.9. The van der Waals surface area contributed by atoms with E-state index in [2.05, 4.69) is 10.4 Å². The van der Waals surface area contributed by atoms with Gasteiger partial charge in [0.25, 0.3) is 0 Å². The topological polar surface area (TPSA) is 39.1 Å². The summed E-state index contributed by atoms with van der Waals surface area (Å²) in [4.78, 5) is 0. The van der Waals surface area contributed by atoms with Crippen LogP contribution in [0.3, 0.4) is 0 Å². The van der Waals surface area contributed by atoms with Crippen LogP contribution in [-0.4, -0.2) is 23.9 Å². The lowest BCUT2D eigenvalue weighted by Gasteiger charge is -2.11. The van der Waals surface area contributed by atoms with Crippen LogP contribution in [0.1, 0.15) is 5.56 Å². The highest BCUT2D eigenvalue weighted by Gasteiger charge is 2.34. The van der Waals surface area contributed by atoms with Gasteiger partial charge in [0.05, 0.1) is 24.1 Å². The molecular formula is C18H15F4N3O. The third-order valence-electron chi connectivity index (χ3n) is 3.85. The van der Waals surface area contributed by atoms with Gasteiger partial charge in [-0.05, 0) is 36.4 Å². The van der Waals surface area contributed by atoms with Gasteiger partial charge in [-0.25, -0.2) is 9.07 Å². The molecule has 0 aliphatic carbocycles. The summed E-state index contributed by atoms with van der Waals surface area (Å²) in [5.74, 6) is -0.184. The van der Waals surface area contributed by atoms with E-state index in [4.69, 9.17) is 4.74 Å². The molecule has 0 atom stereocenters. The Kier molecular flexibility index (Phi) is 4.58. The Morgan fingerprint density at radius 3 is 2.27 bits per heavy atom. The lowest BCUT2D eigenvalue weighted by molar-refractivity contribution is -0.139. The molecule has 1 aromatic heterocycles. The quantitative estimate of drug-likeness (QED) is 0.679. The molecule has 26 heavy (non-hydrogen) atoms. The number of nitrogens with zero attached hydrogens (tertiary/aromatic N) is 2. The predicted octanol–water partition coefficient (Wildman–Crippen LogP) is 4.75. The number of alkyl halides is 3. The standard InChI is InChI=1S/C18H15F4N3O/c1-23-17-10-16(11-3-8-14(15(19)9-11)18(20,21)22)25(24-17)12-4-6-13(26-2)7-5-12/h3-10H,1-2H3,(H,23,24). The maximum atomic E-state index is 14.0. The number of benzene rings is 2. The second kappa shape index (κ2) is 6.70. The van der Waals surface area contributed by atoms with Crippen LogP contribution in [-0.2, 0) is 6.18 Å². The van der Waals surface area contributed by atoms with Crippen LogP contribution in [0.25, 0.3) is 16.9 Å². The molecule has 0 fully saturated rings. The zero-order valence-corrected chi connectivity index (χ0v) is 13.9. The van der Waals surface area contributed by atoms with E-state index in [0.717, 1.165) is 12.1 Å². The van der Waals surface area contributed by atoms with Gasteiger partial charge in [0.15, 0.2) is 0 Å². The van der Waals surface area contributed by atoms with Crippen molar-refractivity contribution in [3.05, 3.63) is 59.9 Å². The first kappa shape index (κ1) is 17.8. The molecule has 4 nitrogen and oxygen atoms in total. The summed E-state index contributed by atoms with van der Waals surface area (Å²) >= 11 is 0. The number of aromatic nitrogens is 2. The molecule has 0 saturated carbocycles. The maximum absolute atomic E-state index is 14.0. The van der Waals surface area contributed by atoms with Gasteiger partial charge in [0.1, 0.15) is 17.4 Å². The van der Waals surface area contributed by atoms with E-state index >= 15 is 0 Å². The Morgan fingerprint density at radius 1 is 1.04 bits per heavy atom. The van der Waals surface area contributed by atoms with Gasteiger partial charge in [-0.3, -0.25) is 0 Å². The van der Waals surface area contributed by atoms with Crippen LogP contribution >= 0.6 is 0 Å². The SMILES string of the molecule is CNc1cc(-c2ccc(C(F)(F)F)c(F)c2)n(-c2ccc(OC)cc2)n1. The van der Waals surface area contributed by atoms with E-state index in [1.807, 2.05) is 0 Å². The summed E-state index contributed by atoms with van der Waals surface area (Å²) in [5, 5.41) is 7.22. The van der Waals surface area contributed by atoms with Gasteiger partial charge in [-0.1, -0.05) is 6.07 Å². The van der Waals surface area contributed by atoms with Crippen molar-refractivity contribution in [2.45, 2.75) is 6.18 Å². The summed E-state index contributed by atoms with van der Waals surface area (Å²) < 4.78 is 58.9. The summed E-state index contributed by atoms with van der Waals surface area (Å²) in [6.45, 7) is 0. The largest absolute Gasteiger partial charge is 0.497 e. The van der Waals surface area contributed by atoms with Crippen LogP contribution in [0.2, 0.25) is 0 Å². The van der Waals surface area contributed by atoms with Gasteiger partial charge in [-0.2, -0.15) is 13.2 Å². The van der Waals surface area contributed by atoms with Crippen molar-refractivity contribution in [2.75, 3.05) is 19.5 Å². The van der Waals surface area contributed by atoms with Gasteiger partial charge >= 0.3 is 6.18 Å². The fourth-order valence-corrected chi connectivity index (χ4v) is 2.53. The third-order valence-corrected chi connectivity index (χ3v) is 3.85. The van der Waals surface area contributed by atoms with Crippen molar-refractivity contribution in [1.82, 2.24) is 9.78 Å². The third kappa shape index (κ3) is 3.35. The average molecular weight is 365 g/mol. The monoisotopic (exact) mass is 365 g/mol. The molecule has 0 radical (unpaired) electrons. The minimum absolute atomic E-state index is 0.278. The number of anilines is 1. The molecule has 8 heteroatoms. The van der Waals surface area contributed by atoms with E-state index in [-0.39, 0.29) is 5.56 Å². The van der Waals surface area contributed by atoms with E-state index in [9.17, 15) is 17.6 Å². The van der Waals surface area contributed by atoms with E-state index in [0.29, 0.717) is 22.9 Å². The van der Waals surface area contributed by atoms with E-state index in [1.165, 1.54) is 10.7 Å². The number of hydrogen-bond donors (Lipinski definition) is 1. The molecular weight excluding hydrogens is 350 g/mol. The van der Waals surface area contributed by atoms with Crippen LogP contribution in [0.15, 0.2) is 48.5 Å². The molecule has 2 aromatic carbocycles. The maximum Gasteiger partial charge on any atom is 0.419 e. The number of methoxy groups -OCH3 is 1. The van der Waals surface area contributed by atoms with Crippen LogP contribution in [0.4, 0.5) is 23.4 Å². The van der Waals surface area contributed by atoms with Crippen LogP contribution in [0.5, 0.6) is 5.75 Å². The van der Waals surface area contributed by atoms with Crippen molar-refractivity contribution in [1.29, 1.82) is 0 Å². The van der Waals surface area contributed by atoms with Crippen molar-refractivity contribution in [3.63, 3.8) is 0 Å². The number of hydrogen-bond acceptors (Lipinski definition) is 3.